The average Bonchev–Trinajstić information content (AvgIpc) is 2.84. The van der Waals surface area contributed by atoms with Gasteiger partial charge in [0.25, 0.3) is 0 Å². The summed E-state index contributed by atoms with van der Waals surface area (Å²) < 4.78 is 0.640. The van der Waals surface area contributed by atoms with Crippen LogP contribution in [0.3, 0.4) is 0 Å². The van der Waals surface area contributed by atoms with Gasteiger partial charge in [0, 0.05) is 10.9 Å². The van der Waals surface area contributed by atoms with E-state index in [-0.39, 0.29) is 5.56 Å². The van der Waals surface area contributed by atoms with Gasteiger partial charge in [-0.3, -0.25) is 4.79 Å². The Labute approximate surface area is 101 Å². The van der Waals surface area contributed by atoms with E-state index in [9.17, 15) is 4.79 Å². The minimum atomic E-state index is -0.255. The van der Waals surface area contributed by atoms with E-state index in [4.69, 9.17) is 5.84 Å². The van der Waals surface area contributed by atoms with Crippen molar-refractivity contribution in [3.8, 4) is 11.3 Å². The van der Waals surface area contributed by atoms with Gasteiger partial charge in [-0.05, 0) is 11.4 Å². The van der Waals surface area contributed by atoms with E-state index >= 15 is 0 Å². The molecular weight excluding hydrogens is 234 g/mol. The molecule has 17 heavy (non-hydrogen) atoms. The minimum absolute atomic E-state index is 0.255. The highest BCUT2D eigenvalue weighted by Crippen LogP contribution is 2.26. The normalized spacial score (nSPS) is 10.8. The largest absolute Gasteiger partial charge is 0.320 e. The molecular formula is C12H9N3OS. The quantitative estimate of drug-likeness (QED) is 0.663. The highest BCUT2D eigenvalue weighted by Gasteiger charge is 2.11. The standard InChI is InChI=1S/C12H9N3OS/c13-15-12(16)11-9(6-7-17-11)10(14-15)8-4-2-1-3-5-8/h1-7H,13H2. The first-order valence-electron chi connectivity index (χ1n) is 5.08. The van der Waals surface area contributed by atoms with Crippen LogP contribution in [0.2, 0.25) is 0 Å². The lowest BCUT2D eigenvalue weighted by Crippen LogP contribution is -2.29. The molecule has 1 aromatic carbocycles. The second kappa shape index (κ2) is 3.71. The molecule has 0 spiro atoms. The monoisotopic (exact) mass is 243 g/mol. The Kier molecular flexibility index (Phi) is 2.19. The number of aromatic nitrogens is 2. The van der Waals surface area contributed by atoms with Gasteiger partial charge in [0.2, 0.25) is 0 Å². The smallest absolute Gasteiger partial charge is 0.303 e. The maximum absolute atomic E-state index is 11.8. The summed E-state index contributed by atoms with van der Waals surface area (Å²) in [6, 6.07) is 11.6. The van der Waals surface area contributed by atoms with Gasteiger partial charge >= 0.3 is 5.56 Å². The lowest BCUT2D eigenvalue weighted by molar-refractivity contribution is 0.782. The fourth-order valence-corrected chi connectivity index (χ4v) is 2.61. The predicted molar refractivity (Wildman–Crippen MR) is 69.5 cm³/mol. The lowest BCUT2D eigenvalue weighted by atomic mass is 10.1. The van der Waals surface area contributed by atoms with Crippen LogP contribution < -0.4 is 11.4 Å². The first-order chi connectivity index (χ1) is 8.27. The molecule has 0 aliphatic rings. The van der Waals surface area contributed by atoms with E-state index in [1.165, 1.54) is 11.3 Å². The fourth-order valence-electron chi connectivity index (χ4n) is 1.78. The van der Waals surface area contributed by atoms with Crippen molar-refractivity contribution in [3.05, 3.63) is 52.1 Å². The van der Waals surface area contributed by atoms with Crippen LogP contribution in [0.1, 0.15) is 0 Å². The van der Waals surface area contributed by atoms with Crippen LogP contribution in [0.4, 0.5) is 0 Å². The van der Waals surface area contributed by atoms with Gasteiger partial charge in [-0.15, -0.1) is 21.2 Å². The SMILES string of the molecule is Nn1nc(-c2ccccc2)c2ccsc2c1=O. The van der Waals surface area contributed by atoms with Crippen molar-refractivity contribution in [2.45, 2.75) is 0 Å². The number of thiophene rings is 1. The summed E-state index contributed by atoms with van der Waals surface area (Å²) in [7, 11) is 0. The number of fused-ring (bicyclic) bond motifs is 1. The first-order valence-corrected chi connectivity index (χ1v) is 5.96. The number of rotatable bonds is 1. The molecule has 0 fully saturated rings. The van der Waals surface area contributed by atoms with Crippen LogP contribution in [0.25, 0.3) is 21.3 Å². The van der Waals surface area contributed by atoms with E-state index < -0.39 is 0 Å². The number of nitrogens with two attached hydrogens (primary N) is 1. The van der Waals surface area contributed by atoms with Gasteiger partial charge in [0.05, 0.1) is 0 Å². The van der Waals surface area contributed by atoms with Crippen LogP contribution in [0.5, 0.6) is 0 Å². The second-order valence-electron chi connectivity index (χ2n) is 3.63. The van der Waals surface area contributed by atoms with Gasteiger partial charge in [0.15, 0.2) is 0 Å². The molecule has 3 aromatic rings. The molecule has 4 nitrogen and oxygen atoms in total. The van der Waals surface area contributed by atoms with Crippen LogP contribution in [-0.4, -0.2) is 9.89 Å². The Morgan fingerprint density at radius 1 is 1.18 bits per heavy atom. The van der Waals surface area contributed by atoms with Crippen molar-refractivity contribution in [2.24, 2.45) is 0 Å². The van der Waals surface area contributed by atoms with E-state index in [0.29, 0.717) is 4.70 Å². The maximum Gasteiger partial charge on any atom is 0.303 e. The summed E-state index contributed by atoms with van der Waals surface area (Å²) >= 11 is 1.38. The van der Waals surface area contributed by atoms with Crippen molar-refractivity contribution in [1.82, 2.24) is 9.89 Å². The van der Waals surface area contributed by atoms with Crippen LogP contribution in [0, 0.1) is 0 Å². The predicted octanol–water partition coefficient (Wildman–Crippen LogP) is 1.84. The molecule has 2 heterocycles. The molecule has 0 saturated heterocycles. The maximum atomic E-state index is 11.8. The molecule has 5 heteroatoms. The number of hydrogen-bond donors (Lipinski definition) is 1. The summed E-state index contributed by atoms with van der Waals surface area (Å²) in [6.45, 7) is 0. The molecule has 0 amide bonds. The topological polar surface area (TPSA) is 60.9 Å². The second-order valence-corrected chi connectivity index (χ2v) is 4.54. The van der Waals surface area contributed by atoms with Gasteiger partial charge in [-0.25, -0.2) is 0 Å². The molecule has 84 valence electrons. The molecule has 2 aromatic heterocycles. The zero-order chi connectivity index (χ0) is 11.8. The average molecular weight is 243 g/mol. The lowest BCUT2D eigenvalue weighted by Gasteiger charge is -2.04. The number of nitrogens with zero attached hydrogens (tertiary/aromatic N) is 2. The Hall–Kier alpha value is -2.14. The van der Waals surface area contributed by atoms with Gasteiger partial charge in [-0.1, -0.05) is 30.3 Å². The Morgan fingerprint density at radius 2 is 1.94 bits per heavy atom. The summed E-state index contributed by atoms with van der Waals surface area (Å²) in [5.74, 6) is 5.58. The highest BCUT2D eigenvalue weighted by atomic mass is 32.1. The van der Waals surface area contributed by atoms with Crippen molar-refractivity contribution in [2.75, 3.05) is 5.84 Å². The first kappa shape index (κ1) is 10.0. The molecule has 0 aliphatic carbocycles. The van der Waals surface area contributed by atoms with E-state index in [2.05, 4.69) is 5.10 Å². The zero-order valence-electron chi connectivity index (χ0n) is 8.83. The van der Waals surface area contributed by atoms with E-state index in [0.717, 1.165) is 21.4 Å². The summed E-state index contributed by atoms with van der Waals surface area (Å²) in [6.07, 6.45) is 0. The van der Waals surface area contributed by atoms with Crippen molar-refractivity contribution in [3.63, 3.8) is 0 Å². The summed E-state index contributed by atoms with van der Waals surface area (Å²) in [5.41, 5.74) is 1.44. The summed E-state index contributed by atoms with van der Waals surface area (Å²) in [4.78, 5) is 12.7. The van der Waals surface area contributed by atoms with Crippen LogP contribution in [-0.2, 0) is 0 Å². The minimum Gasteiger partial charge on any atom is -0.320 e. The number of nitrogen functional groups attached to an aromatic ring is 1. The molecule has 2 N–H and O–H groups in total. The molecule has 0 aliphatic heterocycles. The fraction of sp³-hybridized carbons (Fsp3) is 0. The van der Waals surface area contributed by atoms with Crippen molar-refractivity contribution >= 4 is 21.4 Å². The molecule has 0 unspecified atom stereocenters. The molecule has 3 rings (SSSR count). The number of benzene rings is 1. The third-order valence-electron chi connectivity index (χ3n) is 2.58. The van der Waals surface area contributed by atoms with Gasteiger partial charge in [0.1, 0.15) is 10.4 Å². The molecule has 0 bridgehead atoms. The number of hydrogen-bond acceptors (Lipinski definition) is 4. The van der Waals surface area contributed by atoms with E-state index in [1.54, 1.807) is 0 Å². The zero-order valence-corrected chi connectivity index (χ0v) is 9.65. The molecule has 0 radical (unpaired) electrons. The molecule has 0 atom stereocenters. The van der Waals surface area contributed by atoms with Crippen molar-refractivity contribution < 1.29 is 0 Å². The molecule has 0 saturated carbocycles. The highest BCUT2D eigenvalue weighted by molar-refractivity contribution is 7.17. The third kappa shape index (κ3) is 1.52. The van der Waals surface area contributed by atoms with Crippen LogP contribution >= 0.6 is 11.3 Å². The van der Waals surface area contributed by atoms with Crippen LogP contribution in [0.15, 0.2) is 46.6 Å². The Morgan fingerprint density at radius 3 is 2.71 bits per heavy atom. The summed E-state index contributed by atoms with van der Waals surface area (Å²) in [5, 5.41) is 6.86. The van der Waals surface area contributed by atoms with Crippen molar-refractivity contribution in [1.29, 1.82) is 0 Å². The van der Waals surface area contributed by atoms with Gasteiger partial charge in [-0.2, -0.15) is 0 Å². The Balaban J connectivity index is 2.42. The third-order valence-corrected chi connectivity index (χ3v) is 3.48. The Bertz CT molecular complexity index is 730. The van der Waals surface area contributed by atoms with E-state index in [1.807, 2.05) is 41.8 Å². The van der Waals surface area contributed by atoms with Gasteiger partial charge < -0.3 is 5.84 Å².